The van der Waals surface area contributed by atoms with Crippen LogP contribution < -0.4 is 5.56 Å². The van der Waals surface area contributed by atoms with Crippen LogP contribution in [0.3, 0.4) is 0 Å². The third kappa shape index (κ3) is 2.83. The molecular weight excluding hydrogens is 340 g/mol. The second-order valence-electron chi connectivity index (χ2n) is 8.01. The Labute approximate surface area is 160 Å². The van der Waals surface area contributed by atoms with Crippen molar-refractivity contribution in [3.8, 4) is 11.3 Å². The van der Waals surface area contributed by atoms with Crippen LogP contribution in [0, 0.1) is 0 Å². The van der Waals surface area contributed by atoms with Crippen molar-refractivity contribution in [2.45, 2.75) is 81.7 Å². The summed E-state index contributed by atoms with van der Waals surface area (Å²) in [7, 11) is 0. The summed E-state index contributed by atoms with van der Waals surface area (Å²) < 4.78 is 1.91. The molecule has 0 radical (unpaired) electrons. The molecule has 0 bridgehead atoms. The number of nitrogens with zero attached hydrogens (tertiary/aromatic N) is 2. The van der Waals surface area contributed by atoms with Crippen molar-refractivity contribution >= 4 is 11.8 Å². The zero-order valence-electron chi connectivity index (χ0n) is 16.0. The number of thioether (sulfide) groups is 1. The van der Waals surface area contributed by atoms with Gasteiger partial charge in [-0.1, -0.05) is 69.1 Å². The van der Waals surface area contributed by atoms with Crippen molar-refractivity contribution in [3.05, 3.63) is 45.7 Å². The van der Waals surface area contributed by atoms with Gasteiger partial charge in [0.15, 0.2) is 5.16 Å². The lowest BCUT2D eigenvalue weighted by Crippen LogP contribution is -2.43. The van der Waals surface area contributed by atoms with Crippen LogP contribution in [0.2, 0.25) is 0 Å². The van der Waals surface area contributed by atoms with Gasteiger partial charge >= 0.3 is 0 Å². The predicted molar refractivity (Wildman–Crippen MR) is 109 cm³/mol. The maximum absolute atomic E-state index is 13.6. The van der Waals surface area contributed by atoms with Crippen molar-refractivity contribution in [1.82, 2.24) is 9.55 Å². The standard InChI is InChI=1S/C22H28N2OS/c1-4-24-20(25)18-19(23-21(24)26-15(2)3)17-11-7-6-10-16(17)14-22(18)12-8-5-9-13-22/h6-7,10-11,15H,4-5,8-9,12-14H2,1-3H3. The highest BCUT2D eigenvalue weighted by molar-refractivity contribution is 7.99. The van der Waals surface area contributed by atoms with Crippen LogP contribution in [0.4, 0.5) is 0 Å². The topological polar surface area (TPSA) is 34.9 Å². The number of hydrogen-bond acceptors (Lipinski definition) is 3. The lowest BCUT2D eigenvalue weighted by atomic mass is 9.62. The van der Waals surface area contributed by atoms with E-state index in [0.717, 1.165) is 35.7 Å². The summed E-state index contributed by atoms with van der Waals surface area (Å²) >= 11 is 1.70. The minimum absolute atomic E-state index is 0.00995. The number of fused-ring (bicyclic) bond motifs is 4. The molecule has 4 heteroatoms. The van der Waals surface area contributed by atoms with Crippen LogP contribution in [0.1, 0.15) is 64.0 Å². The first-order valence-corrected chi connectivity index (χ1v) is 10.8. The zero-order valence-corrected chi connectivity index (χ0v) is 16.9. The fraction of sp³-hybridized carbons (Fsp3) is 0.545. The van der Waals surface area contributed by atoms with Gasteiger partial charge in [0.05, 0.1) is 11.3 Å². The monoisotopic (exact) mass is 368 g/mol. The SMILES string of the molecule is CCn1c(SC(C)C)nc2c(c1=O)C1(CCCCC1)Cc1ccccc1-2. The summed E-state index contributed by atoms with van der Waals surface area (Å²) in [6, 6.07) is 8.58. The van der Waals surface area contributed by atoms with E-state index in [4.69, 9.17) is 4.98 Å². The molecule has 3 nitrogen and oxygen atoms in total. The molecule has 1 fully saturated rings. The van der Waals surface area contributed by atoms with E-state index >= 15 is 0 Å². The molecule has 1 aromatic carbocycles. The highest BCUT2D eigenvalue weighted by atomic mass is 32.2. The van der Waals surface area contributed by atoms with E-state index in [1.54, 1.807) is 11.8 Å². The molecule has 0 atom stereocenters. The lowest BCUT2D eigenvalue weighted by molar-refractivity contribution is 0.282. The van der Waals surface area contributed by atoms with Gasteiger partial charge in [-0.25, -0.2) is 4.98 Å². The van der Waals surface area contributed by atoms with Crippen LogP contribution in [0.5, 0.6) is 0 Å². The molecule has 0 aliphatic heterocycles. The fourth-order valence-corrected chi connectivity index (χ4v) is 5.71. The Morgan fingerprint density at radius 3 is 2.62 bits per heavy atom. The molecule has 1 aromatic heterocycles. The van der Waals surface area contributed by atoms with E-state index in [2.05, 4.69) is 45.0 Å². The van der Waals surface area contributed by atoms with Crippen LogP contribution in [0.25, 0.3) is 11.3 Å². The number of aromatic nitrogens is 2. The quantitative estimate of drug-likeness (QED) is 0.552. The molecule has 138 valence electrons. The average Bonchev–Trinajstić information content (AvgIpc) is 2.62. The molecule has 2 aromatic rings. The Morgan fingerprint density at radius 2 is 1.92 bits per heavy atom. The van der Waals surface area contributed by atoms with Gasteiger partial charge in [0.1, 0.15) is 0 Å². The summed E-state index contributed by atoms with van der Waals surface area (Å²) in [4.78, 5) is 18.7. The van der Waals surface area contributed by atoms with Crippen molar-refractivity contribution in [2.75, 3.05) is 0 Å². The van der Waals surface area contributed by atoms with E-state index in [1.807, 2.05) is 4.57 Å². The first-order chi connectivity index (χ1) is 12.6. The van der Waals surface area contributed by atoms with Crippen LogP contribution in [0.15, 0.2) is 34.2 Å². The molecule has 2 aliphatic rings. The average molecular weight is 369 g/mol. The lowest BCUT2D eigenvalue weighted by Gasteiger charge is -2.42. The Morgan fingerprint density at radius 1 is 1.19 bits per heavy atom. The molecule has 0 saturated heterocycles. The normalized spacial score (nSPS) is 18.0. The predicted octanol–water partition coefficient (Wildman–Crippen LogP) is 5.19. The zero-order chi connectivity index (χ0) is 18.3. The third-order valence-corrected chi connectivity index (χ3v) is 6.93. The molecule has 2 aliphatic carbocycles. The van der Waals surface area contributed by atoms with Gasteiger partial charge in [-0.3, -0.25) is 9.36 Å². The van der Waals surface area contributed by atoms with E-state index in [0.29, 0.717) is 11.8 Å². The van der Waals surface area contributed by atoms with Crippen molar-refractivity contribution < 1.29 is 0 Å². The van der Waals surface area contributed by atoms with E-state index in [-0.39, 0.29) is 11.0 Å². The molecule has 26 heavy (non-hydrogen) atoms. The minimum atomic E-state index is -0.00995. The summed E-state index contributed by atoms with van der Waals surface area (Å²) in [5.74, 6) is 0. The van der Waals surface area contributed by atoms with Gasteiger partial charge in [0.2, 0.25) is 0 Å². The third-order valence-electron chi connectivity index (χ3n) is 5.93. The summed E-state index contributed by atoms with van der Waals surface area (Å²) in [6.45, 7) is 7.07. The van der Waals surface area contributed by atoms with E-state index in [1.165, 1.54) is 30.4 Å². The van der Waals surface area contributed by atoms with Crippen LogP contribution in [-0.4, -0.2) is 14.8 Å². The number of rotatable bonds is 3. The molecule has 1 spiro atoms. The van der Waals surface area contributed by atoms with Gasteiger partial charge in [-0.05, 0) is 31.7 Å². The highest BCUT2D eigenvalue weighted by Crippen LogP contribution is 2.48. The van der Waals surface area contributed by atoms with Crippen molar-refractivity contribution in [2.24, 2.45) is 0 Å². The molecule has 0 unspecified atom stereocenters. The summed E-state index contributed by atoms with van der Waals surface area (Å²) in [5.41, 5.74) is 4.70. The van der Waals surface area contributed by atoms with E-state index < -0.39 is 0 Å². The Bertz CT molecular complexity index is 878. The maximum atomic E-state index is 13.6. The first kappa shape index (κ1) is 17.8. The van der Waals surface area contributed by atoms with E-state index in [9.17, 15) is 4.79 Å². The molecular formula is C22H28N2OS. The van der Waals surface area contributed by atoms with Crippen molar-refractivity contribution in [1.29, 1.82) is 0 Å². The number of hydrogen-bond donors (Lipinski definition) is 0. The summed E-state index contributed by atoms with van der Waals surface area (Å²) in [6.07, 6.45) is 6.95. The molecule has 0 N–H and O–H groups in total. The second kappa shape index (κ2) is 6.88. The van der Waals surface area contributed by atoms with Gasteiger partial charge in [0.25, 0.3) is 5.56 Å². The van der Waals surface area contributed by atoms with Gasteiger partial charge in [0, 0.05) is 22.8 Å². The Kier molecular flexibility index (Phi) is 4.72. The number of benzene rings is 1. The van der Waals surface area contributed by atoms with Gasteiger partial charge in [-0.2, -0.15) is 0 Å². The molecule has 0 amide bonds. The van der Waals surface area contributed by atoms with Gasteiger partial charge < -0.3 is 0 Å². The fourth-order valence-electron chi connectivity index (χ4n) is 4.80. The largest absolute Gasteiger partial charge is 0.288 e. The maximum Gasteiger partial charge on any atom is 0.258 e. The summed E-state index contributed by atoms with van der Waals surface area (Å²) in [5, 5.41) is 1.27. The Hall–Kier alpha value is -1.55. The molecule has 4 rings (SSSR count). The highest BCUT2D eigenvalue weighted by Gasteiger charge is 2.43. The van der Waals surface area contributed by atoms with Crippen molar-refractivity contribution in [3.63, 3.8) is 0 Å². The Balaban J connectivity index is 2.01. The van der Waals surface area contributed by atoms with Crippen LogP contribution >= 0.6 is 11.8 Å². The smallest absolute Gasteiger partial charge is 0.258 e. The molecule has 1 heterocycles. The second-order valence-corrected chi connectivity index (χ2v) is 9.55. The van der Waals surface area contributed by atoms with Crippen LogP contribution in [-0.2, 0) is 18.4 Å². The molecule has 1 saturated carbocycles. The first-order valence-electron chi connectivity index (χ1n) is 9.96. The minimum Gasteiger partial charge on any atom is -0.288 e. The van der Waals surface area contributed by atoms with Gasteiger partial charge in [-0.15, -0.1) is 0 Å².